The molecule has 2 rings (SSSR count). The third kappa shape index (κ3) is 2.99. The molecule has 1 heterocycles. The molecule has 0 amide bonds. The number of hydrogen-bond acceptors (Lipinski definition) is 4. The maximum atomic E-state index is 13.2. The molecule has 0 atom stereocenters. The van der Waals surface area contributed by atoms with E-state index in [1.54, 1.807) is 25.4 Å². The molecule has 0 aliphatic heterocycles. The highest BCUT2D eigenvalue weighted by Crippen LogP contribution is 2.18. The molecule has 2 aromatic rings. The van der Waals surface area contributed by atoms with Gasteiger partial charge in [-0.05, 0) is 24.3 Å². The van der Waals surface area contributed by atoms with Crippen molar-refractivity contribution in [1.29, 1.82) is 5.26 Å². The number of hydrogen-bond donors (Lipinski definition) is 1. The Balaban J connectivity index is 2.13. The molecular weight excluding hydrogens is 245 g/mol. The van der Waals surface area contributed by atoms with Gasteiger partial charge >= 0.3 is 0 Å². The molecule has 0 fully saturated rings. The molecule has 96 valence electrons. The number of nitrogens with zero attached hydrogens (tertiary/aromatic N) is 2. The second-order valence-electron chi connectivity index (χ2n) is 3.83. The first kappa shape index (κ1) is 12.8. The average Bonchev–Trinajstić information content (AvgIpc) is 2.46. The number of pyridine rings is 1. The van der Waals surface area contributed by atoms with E-state index in [4.69, 9.17) is 10.00 Å². The van der Waals surface area contributed by atoms with Crippen LogP contribution in [-0.4, -0.2) is 12.1 Å². The van der Waals surface area contributed by atoms with Crippen LogP contribution in [0.3, 0.4) is 0 Å². The van der Waals surface area contributed by atoms with E-state index in [9.17, 15) is 4.39 Å². The van der Waals surface area contributed by atoms with Gasteiger partial charge in [0.2, 0.25) is 5.88 Å². The Labute approximate surface area is 110 Å². The molecule has 0 radical (unpaired) electrons. The van der Waals surface area contributed by atoms with Crippen molar-refractivity contribution in [3.05, 3.63) is 53.5 Å². The van der Waals surface area contributed by atoms with E-state index in [-0.39, 0.29) is 5.56 Å². The minimum atomic E-state index is -0.521. The summed E-state index contributed by atoms with van der Waals surface area (Å²) in [4.78, 5) is 4.08. The SMILES string of the molecule is COc1ncccc1CNc1ccc(F)c(C#N)c1. The third-order valence-corrected chi connectivity index (χ3v) is 2.61. The summed E-state index contributed by atoms with van der Waals surface area (Å²) in [6, 6.07) is 9.82. The number of anilines is 1. The Morgan fingerprint density at radius 2 is 2.26 bits per heavy atom. The van der Waals surface area contributed by atoms with Crippen LogP contribution in [0.15, 0.2) is 36.5 Å². The molecule has 4 nitrogen and oxygen atoms in total. The molecule has 5 heteroatoms. The Bertz CT molecular complexity index is 622. The molecular formula is C14H12FN3O. The molecule has 0 spiro atoms. The first-order valence-electron chi connectivity index (χ1n) is 5.66. The number of benzene rings is 1. The lowest BCUT2D eigenvalue weighted by Crippen LogP contribution is -2.03. The maximum absolute atomic E-state index is 13.2. The molecule has 0 aliphatic rings. The average molecular weight is 257 g/mol. The zero-order valence-electron chi connectivity index (χ0n) is 10.4. The highest BCUT2D eigenvalue weighted by molar-refractivity contribution is 5.50. The zero-order valence-corrected chi connectivity index (χ0v) is 10.4. The van der Waals surface area contributed by atoms with Gasteiger partial charge < -0.3 is 10.1 Å². The minimum absolute atomic E-state index is 0.0168. The normalized spacial score (nSPS) is 9.74. The summed E-state index contributed by atoms with van der Waals surface area (Å²) in [7, 11) is 1.55. The van der Waals surface area contributed by atoms with E-state index in [0.717, 1.165) is 5.56 Å². The quantitative estimate of drug-likeness (QED) is 0.914. The molecule has 19 heavy (non-hydrogen) atoms. The van der Waals surface area contributed by atoms with Crippen LogP contribution in [0.5, 0.6) is 5.88 Å². The predicted octanol–water partition coefficient (Wildman–Crippen LogP) is 2.71. The smallest absolute Gasteiger partial charge is 0.218 e. The van der Waals surface area contributed by atoms with Gasteiger partial charge in [-0.25, -0.2) is 9.37 Å². The number of rotatable bonds is 4. The van der Waals surface area contributed by atoms with Crippen molar-refractivity contribution >= 4 is 5.69 Å². The lowest BCUT2D eigenvalue weighted by atomic mass is 10.2. The van der Waals surface area contributed by atoms with Crippen molar-refractivity contribution in [2.75, 3.05) is 12.4 Å². The molecule has 0 unspecified atom stereocenters. The van der Waals surface area contributed by atoms with Crippen LogP contribution in [0.4, 0.5) is 10.1 Å². The maximum Gasteiger partial charge on any atom is 0.218 e. The minimum Gasteiger partial charge on any atom is -0.481 e. The summed E-state index contributed by atoms with van der Waals surface area (Å²) in [6.07, 6.45) is 1.65. The highest BCUT2D eigenvalue weighted by atomic mass is 19.1. The molecule has 0 saturated heterocycles. The Hall–Kier alpha value is -2.61. The molecule has 1 aromatic heterocycles. The van der Waals surface area contributed by atoms with Gasteiger partial charge in [-0.3, -0.25) is 0 Å². The number of halogens is 1. The summed E-state index contributed by atoms with van der Waals surface area (Å²) in [5, 5.41) is 11.9. The van der Waals surface area contributed by atoms with Crippen molar-refractivity contribution in [2.45, 2.75) is 6.54 Å². The van der Waals surface area contributed by atoms with E-state index in [2.05, 4.69) is 10.3 Å². The van der Waals surface area contributed by atoms with Crippen LogP contribution >= 0.6 is 0 Å². The van der Waals surface area contributed by atoms with E-state index < -0.39 is 5.82 Å². The van der Waals surface area contributed by atoms with Crippen LogP contribution < -0.4 is 10.1 Å². The number of nitriles is 1. The Morgan fingerprint density at radius 1 is 1.42 bits per heavy atom. The van der Waals surface area contributed by atoms with Crippen molar-refractivity contribution in [1.82, 2.24) is 4.98 Å². The second-order valence-corrected chi connectivity index (χ2v) is 3.83. The van der Waals surface area contributed by atoms with Gasteiger partial charge in [0.15, 0.2) is 0 Å². The summed E-state index contributed by atoms with van der Waals surface area (Å²) < 4.78 is 18.3. The summed E-state index contributed by atoms with van der Waals surface area (Å²) in [6.45, 7) is 0.480. The van der Waals surface area contributed by atoms with E-state index >= 15 is 0 Å². The topological polar surface area (TPSA) is 57.9 Å². The molecule has 0 bridgehead atoms. The largest absolute Gasteiger partial charge is 0.481 e. The van der Waals surface area contributed by atoms with Crippen molar-refractivity contribution < 1.29 is 9.13 Å². The number of methoxy groups -OCH3 is 1. The van der Waals surface area contributed by atoms with Gasteiger partial charge in [0, 0.05) is 24.0 Å². The van der Waals surface area contributed by atoms with Crippen LogP contribution in [0.1, 0.15) is 11.1 Å². The highest BCUT2D eigenvalue weighted by Gasteiger charge is 2.05. The second kappa shape index (κ2) is 5.83. The fourth-order valence-corrected chi connectivity index (χ4v) is 1.66. The van der Waals surface area contributed by atoms with Crippen molar-refractivity contribution in [2.24, 2.45) is 0 Å². The van der Waals surface area contributed by atoms with E-state index in [1.807, 2.05) is 12.1 Å². The molecule has 0 saturated carbocycles. The van der Waals surface area contributed by atoms with E-state index in [0.29, 0.717) is 18.1 Å². The Kier molecular flexibility index (Phi) is 3.94. The van der Waals surface area contributed by atoms with Gasteiger partial charge in [0.05, 0.1) is 12.7 Å². The Morgan fingerprint density at radius 3 is 3.00 bits per heavy atom. The molecule has 1 N–H and O–H groups in total. The lowest BCUT2D eigenvalue weighted by molar-refractivity contribution is 0.393. The van der Waals surface area contributed by atoms with Gasteiger partial charge in [-0.15, -0.1) is 0 Å². The summed E-state index contributed by atoms with van der Waals surface area (Å²) in [5.74, 6) is 0.0182. The van der Waals surface area contributed by atoms with Crippen LogP contribution in [0, 0.1) is 17.1 Å². The third-order valence-electron chi connectivity index (χ3n) is 2.61. The van der Waals surface area contributed by atoms with Gasteiger partial charge in [-0.2, -0.15) is 5.26 Å². The standard InChI is InChI=1S/C14H12FN3O/c1-19-14-10(3-2-6-17-14)9-18-12-4-5-13(15)11(7-12)8-16/h2-7,18H,9H2,1H3. The van der Waals surface area contributed by atoms with Crippen LogP contribution in [-0.2, 0) is 6.54 Å². The fraction of sp³-hybridized carbons (Fsp3) is 0.143. The first-order valence-corrected chi connectivity index (χ1v) is 5.66. The molecule has 0 aliphatic carbocycles. The van der Waals surface area contributed by atoms with E-state index in [1.165, 1.54) is 12.1 Å². The van der Waals surface area contributed by atoms with Crippen LogP contribution in [0.25, 0.3) is 0 Å². The summed E-state index contributed by atoms with van der Waals surface area (Å²) in [5.41, 5.74) is 1.57. The first-order chi connectivity index (χ1) is 9.24. The zero-order chi connectivity index (χ0) is 13.7. The number of aromatic nitrogens is 1. The van der Waals surface area contributed by atoms with Gasteiger partial charge in [-0.1, -0.05) is 6.07 Å². The number of ether oxygens (including phenoxy) is 1. The van der Waals surface area contributed by atoms with Crippen molar-refractivity contribution in [3.63, 3.8) is 0 Å². The lowest BCUT2D eigenvalue weighted by Gasteiger charge is -2.09. The van der Waals surface area contributed by atoms with Crippen molar-refractivity contribution in [3.8, 4) is 11.9 Å². The monoisotopic (exact) mass is 257 g/mol. The van der Waals surface area contributed by atoms with Gasteiger partial charge in [0.25, 0.3) is 0 Å². The fourth-order valence-electron chi connectivity index (χ4n) is 1.66. The van der Waals surface area contributed by atoms with Gasteiger partial charge in [0.1, 0.15) is 11.9 Å². The predicted molar refractivity (Wildman–Crippen MR) is 69.2 cm³/mol. The summed E-state index contributed by atoms with van der Waals surface area (Å²) >= 11 is 0. The van der Waals surface area contributed by atoms with Crippen LogP contribution in [0.2, 0.25) is 0 Å². The molecule has 1 aromatic carbocycles. The number of nitrogens with one attached hydrogen (secondary N) is 1.